The number of allylic oxidation sites excluding steroid dienone is 1. The van der Waals surface area contributed by atoms with Crippen LogP contribution in [0.25, 0.3) is 0 Å². The zero-order valence-corrected chi connectivity index (χ0v) is 16.6. The van der Waals surface area contributed by atoms with Crippen LogP contribution < -0.4 is 4.74 Å². The number of carbonyl (C=O) groups excluding carboxylic acids is 1. The van der Waals surface area contributed by atoms with Crippen LogP contribution in [-0.2, 0) is 9.53 Å². The Balaban J connectivity index is 1.56. The molecule has 1 aromatic carbocycles. The van der Waals surface area contributed by atoms with E-state index in [2.05, 4.69) is 0 Å². The summed E-state index contributed by atoms with van der Waals surface area (Å²) < 4.78 is 11.4. The summed E-state index contributed by atoms with van der Waals surface area (Å²) in [6, 6.07) is 7.28. The summed E-state index contributed by atoms with van der Waals surface area (Å²) in [5.74, 6) is -0.311. The minimum Gasteiger partial charge on any atom is -0.490 e. The zero-order chi connectivity index (χ0) is 20.1. The minimum atomic E-state index is -0.772. The highest BCUT2D eigenvalue weighted by Crippen LogP contribution is 2.33. The fourth-order valence-corrected chi connectivity index (χ4v) is 3.98. The summed E-state index contributed by atoms with van der Waals surface area (Å²) in [7, 11) is 0. The molecule has 0 saturated carbocycles. The van der Waals surface area contributed by atoms with E-state index in [1.54, 1.807) is 6.07 Å². The van der Waals surface area contributed by atoms with Crippen LogP contribution >= 0.6 is 0 Å². The van der Waals surface area contributed by atoms with E-state index in [1.165, 1.54) is 5.57 Å². The van der Waals surface area contributed by atoms with Crippen molar-refractivity contribution in [3.63, 3.8) is 0 Å². The Kier molecular flexibility index (Phi) is 6.73. The maximum Gasteiger partial charge on any atom is 0.309 e. The molecule has 6 heteroatoms. The van der Waals surface area contributed by atoms with Crippen LogP contribution in [0.1, 0.15) is 43.5 Å². The van der Waals surface area contributed by atoms with Gasteiger partial charge in [0, 0.05) is 25.3 Å². The maximum absolute atomic E-state index is 12.9. The quantitative estimate of drug-likeness (QED) is 0.758. The number of hydrogen-bond donors (Lipinski definition) is 1. The lowest BCUT2D eigenvalue weighted by Crippen LogP contribution is -2.43. The van der Waals surface area contributed by atoms with Crippen molar-refractivity contribution in [2.24, 2.45) is 11.8 Å². The van der Waals surface area contributed by atoms with Crippen LogP contribution in [0.2, 0.25) is 0 Å². The first-order valence-corrected chi connectivity index (χ1v) is 9.95. The number of benzene rings is 1. The summed E-state index contributed by atoms with van der Waals surface area (Å²) in [4.78, 5) is 26.1. The van der Waals surface area contributed by atoms with Crippen LogP contribution in [0.5, 0.6) is 5.75 Å². The van der Waals surface area contributed by atoms with Gasteiger partial charge >= 0.3 is 5.97 Å². The average Bonchev–Trinajstić information content (AvgIpc) is 3.18. The molecule has 0 aromatic heterocycles. The van der Waals surface area contributed by atoms with Gasteiger partial charge in [-0.2, -0.15) is 0 Å². The summed E-state index contributed by atoms with van der Waals surface area (Å²) in [6.45, 7) is 6.28. The first-order chi connectivity index (χ1) is 13.5. The molecule has 0 bridgehead atoms. The number of likely N-dealkylation sites (tertiary alicyclic amines) is 1. The molecule has 2 aliphatic rings. The second kappa shape index (κ2) is 9.24. The zero-order valence-electron chi connectivity index (χ0n) is 16.6. The Labute approximate surface area is 166 Å². The lowest BCUT2D eigenvalue weighted by atomic mass is 9.84. The number of piperidine rings is 1. The van der Waals surface area contributed by atoms with Crippen LogP contribution in [-0.4, -0.2) is 54.3 Å². The minimum absolute atomic E-state index is 0.00626. The fraction of sp³-hybridized carbons (Fsp3) is 0.545. The van der Waals surface area contributed by atoms with Crippen LogP contribution in [0.4, 0.5) is 0 Å². The molecule has 1 amide bonds. The van der Waals surface area contributed by atoms with E-state index in [0.29, 0.717) is 44.0 Å². The molecule has 2 heterocycles. The number of ether oxygens (including phenoxy) is 2. The van der Waals surface area contributed by atoms with Crippen molar-refractivity contribution in [1.29, 1.82) is 0 Å². The fourth-order valence-electron chi connectivity index (χ4n) is 3.98. The highest BCUT2D eigenvalue weighted by Gasteiger charge is 2.40. The van der Waals surface area contributed by atoms with Gasteiger partial charge in [0.05, 0.1) is 12.0 Å². The van der Waals surface area contributed by atoms with Crippen molar-refractivity contribution in [2.45, 2.75) is 39.2 Å². The Morgan fingerprint density at radius 3 is 2.68 bits per heavy atom. The number of carbonyl (C=O) groups is 2. The number of nitrogens with zero attached hydrogens (tertiary/aromatic N) is 1. The second-order valence-corrected chi connectivity index (χ2v) is 7.82. The van der Waals surface area contributed by atoms with E-state index < -0.39 is 11.9 Å². The largest absolute Gasteiger partial charge is 0.490 e. The third-order valence-corrected chi connectivity index (χ3v) is 5.57. The summed E-state index contributed by atoms with van der Waals surface area (Å²) in [6.07, 6.45) is 3.91. The normalized spacial score (nSPS) is 22.7. The molecule has 152 valence electrons. The van der Waals surface area contributed by atoms with Gasteiger partial charge in [-0.15, -0.1) is 0 Å². The third kappa shape index (κ3) is 4.93. The highest BCUT2D eigenvalue weighted by atomic mass is 16.5. The smallest absolute Gasteiger partial charge is 0.309 e. The van der Waals surface area contributed by atoms with Crippen molar-refractivity contribution in [3.8, 4) is 5.75 Å². The van der Waals surface area contributed by atoms with Crippen molar-refractivity contribution < 1.29 is 24.2 Å². The van der Waals surface area contributed by atoms with Crippen LogP contribution in [0.3, 0.4) is 0 Å². The molecule has 0 radical (unpaired) electrons. The summed E-state index contributed by atoms with van der Waals surface area (Å²) in [5.41, 5.74) is 1.81. The van der Waals surface area contributed by atoms with E-state index in [1.807, 2.05) is 43.0 Å². The Hall–Kier alpha value is -2.34. The SMILES string of the molecule is CC(C)=CCOc1cccc(C(=O)N2CCC([C@@H]3OCCC3C(=O)O)CC2)c1. The predicted octanol–water partition coefficient (Wildman–Crippen LogP) is 3.37. The Morgan fingerprint density at radius 2 is 2.00 bits per heavy atom. The molecule has 28 heavy (non-hydrogen) atoms. The summed E-state index contributed by atoms with van der Waals surface area (Å²) >= 11 is 0. The molecule has 6 nitrogen and oxygen atoms in total. The van der Waals surface area contributed by atoms with Gasteiger partial charge in [0.15, 0.2) is 0 Å². The first kappa shape index (κ1) is 20.4. The molecule has 1 unspecified atom stereocenters. The molecule has 2 saturated heterocycles. The lowest BCUT2D eigenvalue weighted by Gasteiger charge is -2.35. The molecule has 2 atom stereocenters. The lowest BCUT2D eigenvalue weighted by molar-refractivity contribution is -0.145. The van der Waals surface area contributed by atoms with E-state index >= 15 is 0 Å². The van der Waals surface area contributed by atoms with Crippen molar-refractivity contribution in [2.75, 3.05) is 26.3 Å². The van der Waals surface area contributed by atoms with E-state index in [4.69, 9.17) is 9.47 Å². The number of amides is 1. The van der Waals surface area contributed by atoms with E-state index in [9.17, 15) is 14.7 Å². The number of aliphatic carboxylic acids is 1. The van der Waals surface area contributed by atoms with E-state index in [0.717, 1.165) is 12.8 Å². The number of rotatable bonds is 6. The van der Waals surface area contributed by atoms with Crippen LogP contribution in [0, 0.1) is 11.8 Å². The van der Waals surface area contributed by atoms with Gasteiger partial charge in [-0.25, -0.2) is 0 Å². The van der Waals surface area contributed by atoms with Gasteiger partial charge in [-0.05, 0) is 63.3 Å². The van der Waals surface area contributed by atoms with E-state index in [-0.39, 0.29) is 17.9 Å². The molecule has 2 aliphatic heterocycles. The molecule has 1 aromatic rings. The van der Waals surface area contributed by atoms with Crippen molar-refractivity contribution in [3.05, 3.63) is 41.5 Å². The molecule has 2 fully saturated rings. The first-order valence-electron chi connectivity index (χ1n) is 9.95. The van der Waals surface area contributed by atoms with Crippen molar-refractivity contribution >= 4 is 11.9 Å². The average molecular weight is 387 g/mol. The number of hydrogen-bond acceptors (Lipinski definition) is 4. The van der Waals surface area contributed by atoms with Crippen LogP contribution in [0.15, 0.2) is 35.9 Å². The van der Waals surface area contributed by atoms with Gasteiger partial charge < -0.3 is 19.5 Å². The van der Waals surface area contributed by atoms with Gasteiger partial charge in [0.25, 0.3) is 5.91 Å². The van der Waals surface area contributed by atoms with Gasteiger partial charge in [-0.1, -0.05) is 11.6 Å². The molecule has 1 N–H and O–H groups in total. The second-order valence-electron chi connectivity index (χ2n) is 7.82. The predicted molar refractivity (Wildman–Crippen MR) is 105 cm³/mol. The number of carboxylic acids is 1. The van der Waals surface area contributed by atoms with Crippen molar-refractivity contribution in [1.82, 2.24) is 4.90 Å². The highest BCUT2D eigenvalue weighted by molar-refractivity contribution is 5.94. The Morgan fingerprint density at radius 1 is 1.25 bits per heavy atom. The molecule has 0 aliphatic carbocycles. The molecule has 3 rings (SSSR count). The Bertz CT molecular complexity index is 732. The monoisotopic (exact) mass is 387 g/mol. The van der Waals surface area contributed by atoms with Gasteiger partial charge in [0.2, 0.25) is 0 Å². The summed E-state index contributed by atoms with van der Waals surface area (Å²) in [5, 5.41) is 9.36. The number of carboxylic acid groups (broad SMARTS) is 1. The maximum atomic E-state index is 12.9. The standard InChI is InChI=1S/C22H29NO5/c1-15(2)8-12-27-18-5-3-4-17(14-18)21(24)23-10-6-16(7-11-23)20-19(22(25)26)9-13-28-20/h3-5,8,14,16,19-20H,6-7,9-13H2,1-2H3,(H,25,26)/t19?,20-/m0/s1. The van der Waals surface area contributed by atoms with Gasteiger partial charge in [0.1, 0.15) is 12.4 Å². The third-order valence-electron chi connectivity index (χ3n) is 5.57. The molecular weight excluding hydrogens is 358 g/mol. The molecule has 0 spiro atoms. The van der Waals surface area contributed by atoms with Gasteiger partial charge in [-0.3, -0.25) is 9.59 Å². The molecular formula is C22H29NO5. The topological polar surface area (TPSA) is 76.1 Å².